The first-order valence-corrected chi connectivity index (χ1v) is 13.9. The number of hydrogen-bond donors (Lipinski definition) is 0. The number of hydrogen-bond acceptors (Lipinski definition) is 6. The van der Waals surface area contributed by atoms with E-state index in [4.69, 9.17) is 10.00 Å². The van der Waals surface area contributed by atoms with Gasteiger partial charge in [-0.1, -0.05) is 12.1 Å². The van der Waals surface area contributed by atoms with Crippen molar-refractivity contribution in [3.05, 3.63) is 95.1 Å². The number of halogens is 1. The number of amides is 1. The van der Waals surface area contributed by atoms with Crippen LogP contribution in [0.3, 0.4) is 0 Å². The number of pyridine rings is 1. The van der Waals surface area contributed by atoms with Gasteiger partial charge in [0.15, 0.2) is 5.78 Å². The van der Waals surface area contributed by atoms with Crippen LogP contribution in [0.25, 0.3) is 0 Å². The summed E-state index contributed by atoms with van der Waals surface area (Å²) in [4.78, 5) is 34.3. The largest absolute Gasteiger partial charge is 0.490 e. The van der Waals surface area contributed by atoms with Crippen molar-refractivity contribution >= 4 is 11.7 Å². The summed E-state index contributed by atoms with van der Waals surface area (Å²) in [6, 6.07) is 19.2. The molecule has 1 aliphatic heterocycles. The van der Waals surface area contributed by atoms with Crippen molar-refractivity contribution in [1.29, 1.82) is 5.26 Å². The third kappa shape index (κ3) is 7.10. The van der Waals surface area contributed by atoms with Crippen LogP contribution < -0.4 is 4.74 Å². The molecule has 3 aromatic rings. The van der Waals surface area contributed by atoms with Crippen LogP contribution in [0, 0.1) is 23.1 Å². The highest BCUT2D eigenvalue weighted by molar-refractivity contribution is 5.97. The van der Waals surface area contributed by atoms with Crippen LogP contribution in [0.2, 0.25) is 0 Å². The Morgan fingerprint density at radius 2 is 1.62 bits per heavy atom. The zero-order valence-electron chi connectivity index (χ0n) is 22.5. The quantitative estimate of drug-likeness (QED) is 0.362. The Balaban J connectivity index is 1.05. The van der Waals surface area contributed by atoms with Gasteiger partial charge in [0.1, 0.15) is 17.3 Å². The second-order valence-corrected chi connectivity index (χ2v) is 10.7. The van der Waals surface area contributed by atoms with E-state index in [-0.39, 0.29) is 23.6 Å². The molecule has 1 saturated heterocycles. The van der Waals surface area contributed by atoms with Crippen molar-refractivity contribution in [2.75, 3.05) is 26.2 Å². The molecule has 2 aromatic carbocycles. The third-order valence-corrected chi connectivity index (χ3v) is 7.84. The molecule has 1 amide bonds. The van der Waals surface area contributed by atoms with Crippen molar-refractivity contribution in [1.82, 2.24) is 14.8 Å². The van der Waals surface area contributed by atoms with E-state index in [1.165, 1.54) is 18.3 Å². The highest BCUT2D eigenvalue weighted by atomic mass is 19.1. The molecule has 8 heteroatoms. The minimum absolute atomic E-state index is 0.0531. The molecule has 0 N–H and O–H groups in total. The number of nitrogens with zero attached hydrogens (tertiary/aromatic N) is 4. The van der Waals surface area contributed by atoms with Crippen LogP contribution in [0.1, 0.15) is 64.1 Å². The first kappa shape index (κ1) is 27.5. The molecule has 7 nitrogen and oxygen atoms in total. The minimum Gasteiger partial charge on any atom is -0.490 e. The van der Waals surface area contributed by atoms with Crippen LogP contribution in [-0.4, -0.2) is 58.8 Å². The van der Waals surface area contributed by atoms with Gasteiger partial charge in [0.05, 0.1) is 17.7 Å². The number of ether oxygens (including phenoxy) is 1. The van der Waals surface area contributed by atoms with Crippen LogP contribution in [0.5, 0.6) is 5.75 Å². The fraction of sp³-hybridized carbons (Fsp3) is 0.375. The molecule has 1 aromatic heterocycles. The SMILES string of the molecule is N#Cc1ccc(OC2CCC(CC(=O)c3ccc(C(=O)N4CCN(Cc5ccc(F)cc5)CC4)nc3)CC2)cc1. The van der Waals surface area contributed by atoms with E-state index in [0.717, 1.165) is 56.6 Å². The maximum Gasteiger partial charge on any atom is 0.272 e. The molecular formula is C32H33FN4O3. The average Bonchev–Trinajstić information content (AvgIpc) is 3.00. The zero-order chi connectivity index (χ0) is 27.9. The molecule has 2 aliphatic rings. The lowest BCUT2D eigenvalue weighted by Gasteiger charge is -2.34. The number of aromatic nitrogens is 1. The summed E-state index contributed by atoms with van der Waals surface area (Å²) in [6.07, 6.45) is 5.74. The van der Waals surface area contributed by atoms with Crippen molar-refractivity contribution in [2.45, 2.75) is 44.8 Å². The van der Waals surface area contributed by atoms with E-state index in [1.807, 2.05) is 12.1 Å². The molecule has 40 heavy (non-hydrogen) atoms. The molecule has 1 aliphatic carbocycles. The molecule has 0 spiro atoms. The van der Waals surface area contributed by atoms with Gasteiger partial charge in [-0.25, -0.2) is 4.39 Å². The van der Waals surface area contributed by atoms with E-state index in [9.17, 15) is 14.0 Å². The predicted molar refractivity (Wildman–Crippen MR) is 148 cm³/mol. The standard InChI is InChI=1S/C32H33FN4O3/c33-27-8-1-25(2-9-27)22-36-15-17-37(18-16-36)32(39)30-14-7-26(21-35-30)31(38)19-23-3-10-28(11-4-23)40-29-12-5-24(20-34)6-13-29/h1-2,5-9,12-14,21,23,28H,3-4,10-11,15-19,22H2. The lowest BCUT2D eigenvalue weighted by molar-refractivity contribution is 0.0622. The molecular weight excluding hydrogens is 507 g/mol. The van der Waals surface area contributed by atoms with Gasteiger partial charge in [-0.15, -0.1) is 0 Å². The van der Waals surface area contributed by atoms with Gasteiger partial charge in [0.25, 0.3) is 5.91 Å². The maximum absolute atomic E-state index is 13.1. The summed E-state index contributed by atoms with van der Waals surface area (Å²) in [5, 5.41) is 8.93. The van der Waals surface area contributed by atoms with Gasteiger partial charge >= 0.3 is 0 Å². The summed E-state index contributed by atoms with van der Waals surface area (Å²) in [5.41, 5.74) is 2.55. The summed E-state index contributed by atoms with van der Waals surface area (Å²) >= 11 is 0. The fourth-order valence-electron chi connectivity index (χ4n) is 5.44. The van der Waals surface area contributed by atoms with Crippen LogP contribution >= 0.6 is 0 Å². The Kier molecular flexibility index (Phi) is 8.82. The average molecular weight is 541 g/mol. The topological polar surface area (TPSA) is 86.5 Å². The van der Waals surface area contributed by atoms with Gasteiger partial charge in [0.2, 0.25) is 0 Å². The number of piperazine rings is 1. The summed E-state index contributed by atoms with van der Waals surface area (Å²) in [7, 11) is 0. The normalized spacial score (nSPS) is 19.6. The summed E-state index contributed by atoms with van der Waals surface area (Å²) < 4.78 is 19.2. The molecule has 0 radical (unpaired) electrons. The zero-order valence-corrected chi connectivity index (χ0v) is 22.5. The van der Waals surface area contributed by atoms with E-state index >= 15 is 0 Å². The molecule has 0 bridgehead atoms. The van der Waals surface area contributed by atoms with E-state index < -0.39 is 0 Å². The third-order valence-electron chi connectivity index (χ3n) is 7.84. The van der Waals surface area contributed by atoms with Gasteiger partial charge in [-0.3, -0.25) is 19.5 Å². The van der Waals surface area contributed by atoms with Gasteiger partial charge in [-0.2, -0.15) is 5.26 Å². The van der Waals surface area contributed by atoms with E-state index in [1.54, 1.807) is 41.3 Å². The number of carbonyl (C=O) groups is 2. The van der Waals surface area contributed by atoms with Crippen LogP contribution in [0.15, 0.2) is 66.9 Å². The van der Waals surface area contributed by atoms with E-state index in [2.05, 4.69) is 16.0 Å². The number of carbonyl (C=O) groups excluding carboxylic acids is 2. The summed E-state index contributed by atoms with van der Waals surface area (Å²) in [6.45, 7) is 3.39. The van der Waals surface area contributed by atoms with Crippen LogP contribution in [0.4, 0.5) is 4.39 Å². The Labute approximate surface area is 234 Å². The monoisotopic (exact) mass is 540 g/mol. The number of ketones is 1. The number of benzene rings is 2. The highest BCUT2D eigenvalue weighted by Gasteiger charge is 2.26. The fourth-order valence-corrected chi connectivity index (χ4v) is 5.44. The molecule has 2 fully saturated rings. The van der Waals surface area contributed by atoms with E-state index in [0.29, 0.717) is 42.2 Å². The Bertz CT molecular complexity index is 1340. The highest BCUT2D eigenvalue weighted by Crippen LogP contribution is 2.30. The maximum atomic E-state index is 13.1. The first-order chi connectivity index (χ1) is 19.5. The van der Waals surface area contributed by atoms with Crippen molar-refractivity contribution < 1.29 is 18.7 Å². The lowest BCUT2D eigenvalue weighted by Crippen LogP contribution is -2.48. The Hall–Kier alpha value is -4.09. The molecule has 5 rings (SSSR count). The molecule has 0 unspecified atom stereocenters. The smallest absolute Gasteiger partial charge is 0.272 e. The second-order valence-electron chi connectivity index (χ2n) is 10.7. The molecule has 1 saturated carbocycles. The number of rotatable bonds is 8. The van der Waals surface area contributed by atoms with Crippen molar-refractivity contribution in [2.24, 2.45) is 5.92 Å². The molecule has 206 valence electrons. The van der Waals surface area contributed by atoms with Crippen molar-refractivity contribution in [3.63, 3.8) is 0 Å². The lowest BCUT2D eigenvalue weighted by atomic mass is 9.83. The molecule has 0 atom stereocenters. The summed E-state index contributed by atoms with van der Waals surface area (Å²) in [5.74, 6) is 0.763. The van der Waals surface area contributed by atoms with Gasteiger partial charge in [-0.05, 0) is 85.7 Å². The Morgan fingerprint density at radius 1 is 0.925 bits per heavy atom. The van der Waals surface area contributed by atoms with Crippen LogP contribution in [-0.2, 0) is 6.54 Å². The second kappa shape index (κ2) is 12.8. The first-order valence-electron chi connectivity index (χ1n) is 13.9. The minimum atomic E-state index is -0.242. The number of Topliss-reactive ketones (excluding diaryl/α,β-unsaturated/α-hetero) is 1. The van der Waals surface area contributed by atoms with Crippen molar-refractivity contribution in [3.8, 4) is 11.8 Å². The van der Waals surface area contributed by atoms with Gasteiger partial charge < -0.3 is 9.64 Å². The molecule has 2 heterocycles. The predicted octanol–water partition coefficient (Wildman–Crippen LogP) is 5.26. The van der Waals surface area contributed by atoms with Gasteiger partial charge in [0, 0.05) is 50.9 Å². The Morgan fingerprint density at radius 3 is 2.25 bits per heavy atom. The number of nitriles is 1.